The molecule has 8 nitrogen and oxygen atoms in total. The molecule has 27 heavy (non-hydrogen) atoms. The maximum absolute atomic E-state index is 12.9. The molecule has 0 unspecified atom stereocenters. The molecule has 4 rings (SSSR count). The Morgan fingerprint density at radius 2 is 2.26 bits per heavy atom. The summed E-state index contributed by atoms with van der Waals surface area (Å²) < 4.78 is 16.0. The fourth-order valence-corrected chi connectivity index (χ4v) is 4.35. The van der Waals surface area contributed by atoms with Gasteiger partial charge >= 0.3 is 0 Å². The van der Waals surface area contributed by atoms with Gasteiger partial charge in [0.2, 0.25) is 5.76 Å². The molecule has 0 aromatic carbocycles. The van der Waals surface area contributed by atoms with Crippen molar-refractivity contribution in [2.45, 2.75) is 50.3 Å². The average molecular weight is 373 g/mol. The van der Waals surface area contributed by atoms with Crippen molar-refractivity contribution in [2.75, 3.05) is 13.7 Å². The topological polar surface area (TPSA) is 97.8 Å². The third-order valence-electron chi connectivity index (χ3n) is 5.81. The number of amides is 2. The van der Waals surface area contributed by atoms with Gasteiger partial charge in [0.25, 0.3) is 11.8 Å². The summed E-state index contributed by atoms with van der Waals surface area (Å²) in [7, 11) is 1.70. The molecule has 8 heteroatoms. The number of fused-ring (bicyclic) bond motifs is 1. The van der Waals surface area contributed by atoms with Crippen molar-refractivity contribution in [1.82, 2.24) is 15.4 Å². The molecule has 0 spiro atoms. The van der Waals surface area contributed by atoms with Crippen molar-refractivity contribution in [1.29, 1.82) is 0 Å². The first-order valence-corrected chi connectivity index (χ1v) is 9.15. The molecule has 2 aromatic heterocycles. The van der Waals surface area contributed by atoms with Crippen molar-refractivity contribution in [2.24, 2.45) is 0 Å². The van der Waals surface area contributed by atoms with Crippen LogP contribution in [0.5, 0.6) is 0 Å². The van der Waals surface area contributed by atoms with E-state index in [2.05, 4.69) is 10.5 Å². The number of nitrogens with one attached hydrogen (secondary N) is 1. The molecular weight excluding hydrogens is 350 g/mol. The van der Waals surface area contributed by atoms with Gasteiger partial charge in [-0.25, -0.2) is 0 Å². The van der Waals surface area contributed by atoms with E-state index in [0.717, 1.165) is 19.3 Å². The van der Waals surface area contributed by atoms with Gasteiger partial charge in [0.15, 0.2) is 0 Å². The van der Waals surface area contributed by atoms with Crippen molar-refractivity contribution >= 4 is 11.8 Å². The van der Waals surface area contributed by atoms with Crippen molar-refractivity contribution in [3.63, 3.8) is 0 Å². The van der Waals surface area contributed by atoms with Crippen LogP contribution in [0.4, 0.5) is 0 Å². The van der Waals surface area contributed by atoms with Crippen LogP contribution in [0, 0.1) is 6.92 Å². The molecule has 3 heterocycles. The zero-order valence-corrected chi connectivity index (χ0v) is 15.4. The second kappa shape index (κ2) is 6.84. The number of likely N-dealkylation sites (tertiary alicyclic amines) is 1. The molecule has 2 aliphatic rings. The average Bonchev–Trinajstić information content (AvgIpc) is 3.41. The van der Waals surface area contributed by atoms with Gasteiger partial charge in [0.1, 0.15) is 6.26 Å². The lowest BCUT2D eigenvalue weighted by atomic mass is 9.78. The fraction of sp³-hybridized carbons (Fsp3) is 0.526. The van der Waals surface area contributed by atoms with E-state index in [0.29, 0.717) is 24.2 Å². The predicted molar refractivity (Wildman–Crippen MR) is 94.2 cm³/mol. The Morgan fingerprint density at radius 3 is 2.93 bits per heavy atom. The molecular formula is C19H23N3O5. The summed E-state index contributed by atoms with van der Waals surface area (Å²) in [5.74, 6) is -0.143. The highest BCUT2D eigenvalue weighted by molar-refractivity contribution is 5.94. The standard InChI is InChI=1S/C19H23N3O5/c1-12-9-15(27-21-12)17(23)20-14-3-5-19(25-2)6-7-22(16(19)10-14)18(24)13-4-8-26-11-13/h4,8-9,11,14,16H,3,5-7,10H2,1-2H3,(H,20,23)/t14-,16+,19-/m1/s1. The first kappa shape index (κ1) is 17.8. The molecule has 2 fully saturated rings. The molecule has 1 N–H and O–H groups in total. The van der Waals surface area contributed by atoms with Gasteiger partial charge in [0, 0.05) is 25.8 Å². The van der Waals surface area contributed by atoms with Crippen LogP contribution in [0.2, 0.25) is 0 Å². The molecule has 1 saturated heterocycles. The lowest BCUT2D eigenvalue weighted by molar-refractivity contribution is -0.0626. The Hall–Kier alpha value is -2.61. The molecule has 3 atom stereocenters. The van der Waals surface area contributed by atoms with Crippen molar-refractivity contribution in [3.8, 4) is 0 Å². The number of rotatable bonds is 4. The number of hydrogen-bond donors (Lipinski definition) is 1. The Kier molecular flexibility index (Phi) is 4.51. The van der Waals surface area contributed by atoms with Crippen LogP contribution in [0.1, 0.15) is 52.3 Å². The summed E-state index contributed by atoms with van der Waals surface area (Å²) in [5.41, 5.74) is 0.837. The minimum atomic E-state index is -0.358. The van der Waals surface area contributed by atoms with E-state index >= 15 is 0 Å². The lowest BCUT2D eigenvalue weighted by Crippen LogP contribution is -2.55. The Bertz CT molecular complexity index is 830. The minimum absolute atomic E-state index is 0.0612. The smallest absolute Gasteiger partial charge is 0.290 e. The summed E-state index contributed by atoms with van der Waals surface area (Å²) in [4.78, 5) is 27.1. The first-order chi connectivity index (χ1) is 13.0. The van der Waals surface area contributed by atoms with E-state index in [-0.39, 0.29) is 35.3 Å². The Balaban J connectivity index is 1.50. The highest BCUT2D eigenvalue weighted by Gasteiger charge is 2.52. The van der Waals surface area contributed by atoms with Crippen LogP contribution < -0.4 is 5.32 Å². The van der Waals surface area contributed by atoms with Crippen LogP contribution in [0.15, 0.2) is 33.6 Å². The van der Waals surface area contributed by atoms with Crippen LogP contribution in [-0.2, 0) is 4.74 Å². The second-order valence-corrected chi connectivity index (χ2v) is 7.32. The number of carbonyl (C=O) groups excluding carboxylic acids is 2. The van der Waals surface area contributed by atoms with Crippen molar-refractivity contribution in [3.05, 3.63) is 41.7 Å². The van der Waals surface area contributed by atoms with Crippen LogP contribution in [0.25, 0.3) is 0 Å². The first-order valence-electron chi connectivity index (χ1n) is 9.15. The summed E-state index contributed by atoms with van der Waals surface area (Å²) in [6, 6.07) is 3.13. The number of nitrogens with zero attached hydrogens (tertiary/aromatic N) is 2. The van der Waals surface area contributed by atoms with Crippen LogP contribution >= 0.6 is 0 Å². The SMILES string of the molecule is CO[C@@]12CC[C@@H](NC(=O)c3cc(C)no3)C[C@@H]1N(C(=O)c1ccoc1)CC2. The van der Waals surface area contributed by atoms with Crippen molar-refractivity contribution < 1.29 is 23.3 Å². The van der Waals surface area contributed by atoms with Gasteiger partial charge in [-0.05, 0) is 38.7 Å². The number of methoxy groups -OCH3 is 1. The maximum atomic E-state index is 12.9. The van der Waals surface area contributed by atoms with Crippen LogP contribution in [-0.4, -0.2) is 53.2 Å². The molecule has 1 saturated carbocycles. The van der Waals surface area contributed by atoms with E-state index in [9.17, 15) is 9.59 Å². The fourth-order valence-electron chi connectivity index (χ4n) is 4.35. The Labute approximate surface area is 156 Å². The Morgan fingerprint density at radius 1 is 1.41 bits per heavy atom. The maximum Gasteiger partial charge on any atom is 0.290 e. The van der Waals surface area contributed by atoms with Gasteiger partial charge in [-0.1, -0.05) is 5.16 Å². The molecule has 0 radical (unpaired) electrons. The van der Waals surface area contributed by atoms with Gasteiger partial charge in [-0.2, -0.15) is 0 Å². The lowest BCUT2D eigenvalue weighted by Gasteiger charge is -2.43. The summed E-state index contributed by atoms with van der Waals surface area (Å²) in [6.45, 7) is 2.40. The van der Waals surface area contributed by atoms with Gasteiger partial charge in [-0.15, -0.1) is 0 Å². The normalized spacial score (nSPS) is 27.4. The molecule has 1 aliphatic carbocycles. The van der Waals surface area contributed by atoms with E-state index in [1.54, 1.807) is 26.2 Å². The number of furan rings is 1. The zero-order valence-electron chi connectivity index (χ0n) is 15.4. The number of aryl methyl sites for hydroxylation is 1. The van der Waals surface area contributed by atoms with Crippen LogP contribution in [0.3, 0.4) is 0 Å². The predicted octanol–water partition coefficient (Wildman–Crippen LogP) is 2.16. The number of aromatic nitrogens is 1. The number of carbonyl (C=O) groups is 2. The molecule has 2 aromatic rings. The third kappa shape index (κ3) is 3.14. The zero-order chi connectivity index (χ0) is 19.0. The molecule has 1 aliphatic heterocycles. The highest BCUT2D eigenvalue weighted by atomic mass is 16.5. The van der Waals surface area contributed by atoms with E-state index < -0.39 is 0 Å². The van der Waals surface area contributed by atoms with E-state index in [1.165, 1.54) is 12.5 Å². The largest absolute Gasteiger partial charge is 0.472 e. The monoisotopic (exact) mass is 373 g/mol. The van der Waals surface area contributed by atoms with E-state index in [1.807, 2.05) is 4.90 Å². The molecule has 144 valence electrons. The number of ether oxygens (including phenoxy) is 1. The second-order valence-electron chi connectivity index (χ2n) is 7.32. The summed E-state index contributed by atoms with van der Waals surface area (Å²) >= 11 is 0. The molecule has 0 bridgehead atoms. The van der Waals surface area contributed by atoms with Gasteiger partial charge in [0.05, 0.1) is 29.2 Å². The summed E-state index contributed by atoms with van der Waals surface area (Å²) in [6.07, 6.45) is 5.95. The summed E-state index contributed by atoms with van der Waals surface area (Å²) in [5, 5.41) is 6.77. The van der Waals surface area contributed by atoms with Gasteiger partial charge in [-0.3, -0.25) is 9.59 Å². The van der Waals surface area contributed by atoms with Gasteiger partial charge < -0.3 is 23.9 Å². The third-order valence-corrected chi connectivity index (χ3v) is 5.81. The molecule has 2 amide bonds. The highest BCUT2D eigenvalue weighted by Crippen LogP contribution is 2.43. The minimum Gasteiger partial charge on any atom is -0.472 e. The number of hydrogen-bond acceptors (Lipinski definition) is 6. The quantitative estimate of drug-likeness (QED) is 0.882. The van der Waals surface area contributed by atoms with E-state index in [4.69, 9.17) is 13.7 Å².